The smallest absolute Gasteiger partial charge is 0.215 e. The van der Waals surface area contributed by atoms with Crippen LogP contribution in [0.3, 0.4) is 0 Å². The minimum absolute atomic E-state index is 0.0263. The molecule has 7 heteroatoms. The van der Waals surface area contributed by atoms with Crippen molar-refractivity contribution in [3.63, 3.8) is 0 Å². The molecule has 0 aliphatic carbocycles. The van der Waals surface area contributed by atoms with Crippen LogP contribution in [0, 0.1) is 6.92 Å². The number of ether oxygens (including phenoxy) is 1. The monoisotopic (exact) mass is 476 g/mol. The number of furan rings is 1. The number of fused-ring (bicyclic) bond motifs is 3. The highest BCUT2D eigenvalue weighted by molar-refractivity contribution is 9.10. The third-order valence-corrected chi connectivity index (χ3v) is 6.06. The molecular formula is C21H15BrCl2N2O2. The Kier molecular flexibility index (Phi) is 4.42. The van der Waals surface area contributed by atoms with Gasteiger partial charge in [-0.15, -0.1) is 0 Å². The zero-order chi connectivity index (χ0) is 19.4. The van der Waals surface area contributed by atoms with E-state index >= 15 is 0 Å². The topological polar surface area (TPSA) is 38.0 Å². The number of hydrogen-bond donors (Lipinski definition) is 0. The lowest BCUT2D eigenvalue weighted by Crippen LogP contribution is -2.33. The molecule has 0 amide bonds. The van der Waals surface area contributed by atoms with Crippen molar-refractivity contribution in [3.8, 4) is 5.75 Å². The average Bonchev–Trinajstić information content (AvgIpc) is 3.28. The van der Waals surface area contributed by atoms with Crippen molar-refractivity contribution in [1.82, 2.24) is 5.01 Å². The Morgan fingerprint density at radius 2 is 1.93 bits per heavy atom. The molecule has 0 spiro atoms. The predicted molar refractivity (Wildman–Crippen MR) is 113 cm³/mol. The van der Waals surface area contributed by atoms with E-state index in [1.165, 1.54) is 0 Å². The zero-order valence-corrected chi connectivity index (χ0v) is 17.9. The summed E-state index contributed by atoms with van der Waals surface area (Å²) in [5.74, 6) is 2.47. The van der Waals surface area contributed by atoms with E-state index in [2.05, 4.69) is 22.0 Å². The number of aryl methyl sites for hydroxylation is 1. The van der Waals surface area contributed by atoms with Crippen LogP contribution in [-0.4, -0.2) is 10.7 Å². The van der Waals surface area contributed by atoms with E-state index in [0.717, 1.165) is 45.0 Å². The van der Waals surface area contributed by atoms with Crippen LogP contribution in [0.25, 0.3) is 0 Å². The maximum atomic E-state index is 6.50. The van der Waals surface area contributed by atoms with Crippen LogP contribution in [0.15, 0.2) is 62.5 Å². The lowest BCUT2D eigenvalue weighted by Gasteiger charge is -2.38. The van der Waals surface area contributed by atoms with Crippen LogP contribution < -0.4 is 4.74 Å². The van der Waals surface area contributed by atoms with Gasteiger partial charge < -0.3 is 9.15 Å². The van der Waals surface area contributed by atoms with E-state index in [0.29, 0.717) is 10.0 Å². The van der Waals surface area contributed by atoms with E-state index in [4.69, 9.17) is 37.5 Å². The molecule has 142 valence electrons. The van der Waals surface area contributed by atoms with Gasteiger partial charge in [-0.3, -0.25) is 0 Å². The molecule has 4 nitrogen and oxygen atoms in total. The Morgan fingerprint density at radius 1 is 1.07 bits per heavy atom. The largest absolute Gasteiger partial charge is 0.464 e. The van der Waals surface area contributed by atoms with Gasteiger partial charge in [-0.1, -0.05) is 45.2 Å². The summed E-state index contributed by atoms with van der Waals surface area (Å²) in [4.78, 5) is 0. The molecule has 0 saturated carbocycles. The summed E-state index contributed by atoms with van der Waals surface area (Å²) in [6.07, 6.45) is 0.276. The number of nitrogens with zero attached hydrogens (tertiary/aromatic N) is 2. The molecule has 3 heterocycles. The van der Waals surface area contributed by atoms with Gasteiger partial charge in [0.1, 0.15) is 23.0 Å². The van der Waals surface area contributed by atoms with E-state index in [9.17, 15) is 0 Å². The van der Waals surface area contributed by atoms with Crippen molar-refractivity contribution in [3.05, 3.63) is 85.7 Å². The maximum absolute atomic E-state index is 6.50. The summed E-state index contributed by atoms with van der Waals surface area (Å²) >= 11 is 16.1. The Labute approximate surface area is 180 Å². The molecule has 2 aromatic carbocycles. The van der Waals surface area contributed by atoms with Crippen molar-refractivity contribution in [1.29, 1.82) is 0 Å². The van der Waals surface area contributed by atoms with E-state index in [-0.39, 0.29) is 6.04 Å². The predicted octanol–water partition coefficient (Wildman–Crippen LogP) is 6.90. The van der Waals surface area contributed by atoms with Crippen LogP contribution in [0.4, 0.5) is 0 Å². The summed E-state index contributed by atoms with van der Waals surface area (Å²) in [7, 11) is 0. The highest BCUT2D eigenvalue weighted by Gasteiger charge is 2.42. The van der Waals surface area contributed by atoms with Gasteiger partial charge in [0, 0.05) is 27.0 Å². The minimum atomic E-state index is -0.447. The highest BCUT2D eigenvalue weighted by Crippen LogP contribution is 2.49. The third-order valence-electron chi connectivity index (χ3n) is 5.01. The fraction of sp³-hybridized carbons (Fsp3) is 0.190. The van der Waals surface area contributed by atoms with Gasteiger partial charge in [-0.05, 0) is 49.4 Å². The number of benzene rings is 2. The van der Waals surface area contributed by atoms with Crippen molar-refractivity contribution in [2.24, 2.45) is 5.10 Å². The van der Waals surface area contributed by atoms with Crippen LogP contribution in [0.2, 0.25) is 10.0 Å². The van der Waals surface area contributed by atoms with E-state index < -0.39 is 6.23 Å². The second-order valence-electron chi connectivity index (χ2n) is 6.88. The number of rotatable bonds is 2. The highest BCUT2D eigenvalue weighted by atomic mass is 79.9. The minimum Gasteiger partial charge on any atom is -0.464 e. The average molecular weight is 478 g/mol. The molecule has 2 atom stereocenters. The quantitative estimate of drug-likeness (QED) is 0.402. The normalized spacial score (nSPS) is 20.4. The Bertz CT molecular complexity index is 1110. The van der Waals surface area contributed by atoms with Crippen molar-refractivity contribution in [2.45, 2.75) is 25.6 Å². The fourth-order valence-electron chi connectivity index (χ4n) is 3.70. The summed E-state index contributed by atoms with van der Waals surface area (Å²) in [5, 5.41) is 7.97. The van der Waals surface area contributed by atoms with Crippen LogP contribution in [0.5, 0.6) is 5.75 Å². The number of hydrazone groups is 1. The molecule has 28 heavy (non-hydrogen) atoms. The standard InChI is InChI=1S/C21H15BrCl2N2O2/c1-11-2-6-20(27-11)17-10-18-15-8-12(22)3-7-19(15)28-21(26(18)25-17)14-5-4-13(23)9-16(14)24/h2-9,18,21H,10H2,1H3/t18-,21-/m0/s1. The summed E-state index contributed by atoms with van der Waals surface area (Å²) in [5.41, 5.74) is 2.80. The van der Waals surface area contributed by atoms with Crippen LogP contribution in [0.1, 0.15) is 41.3 Å². The SMILES string of the molecule is Cc1ccc(C2=NN3[C@@H](C2)c2cc(Br)ccc2O[C@H]3c2ccc(Cl)cc2Cl)o1. The molecular weight excluding hydrogens is 463 g/mol. The molecule has 3 aromatic rings. The fourth-order valence-corrected chi connectivity index (χ4v) is 4.58. The van der Waals surface area contributed by atoms with Gasteiger partial charge in [-0.25, -0.2) is 5.01 Å². The Hall–Kier alpha value is -1.95. The first kappa shape index (κ1) is 18.1. The second kappa shape index (κ2) is 6.83. The summed E-state index contributed by atoms with van der Waals surface area (Å²) in [6.45, 7) is 1.93. The molecule has 0 N–H and O–H groups in total. The van der Waals surface area contributed by atoms with Gasteiger partial charge >= 0.3 is 0 Å². The summed E-state index contributed by atoms with van der Waals surface area (Å²) in [6, 6.07) is 15.4. The first-order chi connectivity index (χ1) is 13.5. The number of halogens is 3. The van der Waals surface area contributed by atoms with Gasteiger partial charge in [-0.2, -0.15) is 5.10 Å². The molecule has 0 saturated heterocycles. The third kappa shape index (κ3) is 3.02. The van der Waals surface area contributed by atoms with Gasteiger partial charge in [0.05, 0.1) is 11.1 Å². The Morgan fingerprint density at radius 3 is 2.68 bits per heavy atom. The van der Waals surface area contributed by atoms with E-state index in [1.54, 1.807) is 6.07 Å². The molecule has 2 aliphatic heterocycles. The molecule has 5 rings (SSSR count). The number of hydrogen-bond acceptors (Lipinski definition) is 4. The molecule has 0 radical (unpaired) electrons. The van der Waals surface area contributed by atoms with Crippen LogP contribution >= 0.6 is 39.1 Å². The Balaban J connectivity index is 1.63. The summed E-state index contributed by atoms with van der Waals surface area (Å²) < 4.78 is 13.2. The van der Waals surface area contributed by atoms with Gasteiger partial charge in [0.15, 0.2) is 0 Å². The lowest BCUT2D eigenvalue weighted by atomic mass is 9.97. The molecule has 0 bridgehead atoms. The first-order valence-electron chi connectivity index (χ1n) is 8.83. The molecule has 1 aromatic heterocycles. The molecule has 2 aliphatic rings. The lowest BCUT2D eigenvalue weighted by molar-refractivity contribution is -0.0190. The van der Waals surface area contributed by atoms with Gasteiger partial charge in [0.25, 0.3) is 0 Å². The van der Waals surface area contributed by atoms with Crippen molar-refractivity contribution in [2.75, 3.05) is 0 Å². The van der Waals surface area contributed by atoms with E-state index in [1.807, 2.05) is 48.3 Å². The van der Waals surface area contributed by atoms with Gasteiger partial charge in [0.2, 0.25) is 6.23 Å². The second-order valence-corrected chi connectivity index (χ2v) is 8.63. The zero-order valence-electron chi connectivity index (χ0n) is 14.8. The molecule has 0 unspecified atom stereocenters. The first-order valence-corrected chi connectivity index (χ1v) is 10.4. The van der Waals surface area contributed by atoms with Crippen molar-refractivity contribution < 1.29 is 9.15 Å². The van der Waals surface area contributed by atoms with Crippen molar-refractivity contribution >= 4 is 44.8 Å². The maximum Gasteiger partial charge on any atom is 0.215 e. The van der Waals surface area contributed by atoms with Crippen LogP contribution in [-0.2, 0) is 0 Å². The molecule has 0 fully saturated rings.